The molecule has 1 aromatic heterocycles. The molecule has 0 atom stereocenters. The first-order valence-corrected chi connectivity index (χ1v) is 13.2. The Balaban J connectivity index is 1.26. The zero-order valence-corrected chi connectivity index (χ0v) is 22.4. The van der Waals surface area contributed by atoms with Crippen molar-refractivity contribution >= 4 is 39.9 Å². The number of piperidine rings is 1. The van der Waals surface area contributed by atoms with E-state index in [1.54, 1.807) is 25.3 Å². The van der Waals surface area contributed by atoms with Crippen LogP contribution in [0.4, 0.5) is 15.9 Å². The second kappa shape index (κ2) is 11.7. The minimum atomic E-state index is -0.552. The molecule has 5 rings (SSSR count). The van der Waals surface area contributed by atoms with Gasteiger partial charge in [0.15, 0.2) is 17.3 Å². The van der Waals surface area contributed by atoms with Crippen molar-refractivity contribution in [2.45, 2.75) is 18.9 Å². The predicted octanol–water partition coefficient (Wildman–Crippen LogP) is 3.79. The summed E-state index contributed by atoms with van der Waals surface area (Å²) in [5.74, 6) is 1.20. The summed E-state index contributed by atoms with van der Waals surface area (Å²) in [4.78, 5) is 27.8. The maximum Gasteiger partial charge on any atom is 0.236 e. The van der Waals surface area contributed by atoms with E-state index < -0.39 is 5.82 Å². The highest BCUT2D eigenvalue weighted by atomic mass is 35.5. The van der Waals surface area contributed by atoms with E-state index in [0.29, 0.717) is 34.8 Å². The Labute approximate surface area is 226 Å². The number of aromatic nitrogens is 2. The fourth-order valence-electron chi connectivity index (χ4n) is 4.86. The smallest absolute Gasteiger partial charge is 0.236 e. The van der Waals surface area contributed by atoms with Gasteiger partial charge in [-0.05, 0) is 38.1 Å². The average molecular weight is 543 g/mol. The Bertz CT molecular complexity index is 1300. The Hall–Kier alpha value is -3.21. The largest absolute Gasteiger partial charge is 0.493 e. The summed E-state index contributed by atoms with van der Waals surface area (Å²) in [6.45, 7) is 5.44. The number of piperazine rings is 1. The van der Waals surface area contributed by atoms with Gasteiger partial charge in [-0.2, -0.15) is 0 Å². The van der Waals surface area contributed by atoms with Crippen LogP contribution in [0.15, 0.2) is 36.7 Å². The van der Waals surface area contributed by atoms with Crippen LogP contribution in [0, 0.1) is 5.82 Å². The molecule has 0 spiro atoms. The number of fused-ring (bicyclic) bond motifs is 1. The molecule has 0 unspecified atom stereocenters. The molecule has 0 aliphatic carbocycles. The third-order valence-electron chi connectivity index (χ3n) is 7.17. The lowest BCUT2D eigenvalue weighted by Gasteiger charge is -2.36. The highest BCUT2D eigenvalue weighted by Crippen LogP contribution is 2.36. The average Bonchev–Trinajstić information content (AvgIpc) is 2.92. The minimum Gasteiger partial charge on any atom is -0.493 e. The van der Waals surface area contributed by atoms with Crippen molar-refractivity contribution in [2.24, 2.45) is 0 Å². The first kappa shape index (κ1) is 26.4. The van der Waals surface area contributed by atoms with E-state index in [9.17, 15) is 9.18 Å². The molecular weight excluding hydrogens is 511 g/mol. The molecule has 3 aromatic rings. The molecule has 0 saturated carbocycles. The van der Waals surface area contributed by atoms with Gasteiger partial charge in [-0.1, -0.05) is 17.7 Å². The first-order chi connectivity index (χ1) is 18.4. The summed E-state index contributed by atoms with van der Waals surface area (Å²) in [5.41, 5.74) is 0.848. The number of carbonyl (C=O) groups is 1. The molecule has 1 N–H and O–H groups in total. The van der Waals surface area contributed by atoms with Gasteiger partial charge >= 0.3 is 0 Å². The van der Waals surface area contributed by atoms with Gasteiger partial charge < -0.3 is 24.6 Å². The van der Waals surface area contributed by atoms with Crippen molar-refractivity contribution in [1.82, 2.24) is 24.7 Å². The van der Waals surface area contributed by atoms with Crippen LogP contribution in [0.1, 0.15) is 12.8 Å². The Morgan fingerprint density at radius 2 is 1.87 bits per heavy atom. The lowest BCUT2D eigenvalue weighted by molar-refractivity contribution is -0.134. The molecule has 3 heterocycles. The molecule has 2 fully saturated rings. The van der Waals surface area contributed by atoms with Crippen LogP contribution in [-0.4, -0.2) is 96.6 Å². The van der Waals surface area contributed by atoms with Gasteiger partial charge in [0.05, 0.1) is 29.9 Å². The summed E-state index contributed by atoms with van der Waals surface area (Å²) in [7, 11) is 3.67. The fraction of sp³-hybridized carbons (Fsp3) is 0.444. The van der Waals surface area contributed by atoms with E-state index in [1.807, 2.05) is 11.0 Å². The molecule has 202 valence electrons. The maximum absolute atomic E-state index is 14.5. The van der Waals surface area contributed by atoms with Crippen molar-refractivity contribution in [2.75, 3.05) is 65.3 Å². The number of anilines is 2. The fourth-order valence-corrected chi connectivity index (χ4v) is 5.03. The first-order valence-electron chi connectivity index (χ1n) is 12.8. The van der Waals surface area contributed by atoms with Gasteiger partial charge in [0.1, 0.15) is 18.2 Å². The second-order valence-electron chi connectivity index (χ2n) is 9.75. The van der Waals surface area contributed by atoms with Gasteiger partial charge in [0, 0.05) is 50.7 Å². The van der Waals surface area contributed by atoms with Crippen LogP contribution in [-0.2, 0) is 4.79 Å². The third kappa shape index (κ3) is 5.92. The van der Waals surface area contributed by atoms with Crippen molar-refractivity contribution in [3.05, 3.63) is 47.5 Å². The zero-order chi connectivity index (χ0) is 26.6. The Morgan fingerprint density at radius 3 is 2.61 bits per heavy atom. The number of likely N-dealkylation sites (N-methyl/N-ethyl adjacent to an activating group) is 1. The van der Waals surface area contributed by atoms with Crippen LogP contribution in [0.5, 0.6) is 11.5 Å². The van der Waals surface area contributed by atoms with Gasteiger partial charge in [-0.3, -0.25) is 9.69 Å². The van der Waals surface area contributed by atoms with Gasteiger partial charge in [0.25, 0.3) is 0 Å². The van der Waals surface area contributed by atoms with E-state index >= 15 is 0 Å². The van der Waals surface area contributed by atoms with Crippen LogP contribution in [0.25, 0.3) is 10.9 Å². The number of nitrogens with zero attached hydrogens (tertiary/aromatic N) is 5. The summed E-state index contributed by atoms with van der Waals surface area (Å²) in [5, 5.41) is 3.71. The number of likely N-dealkylation sites (tertiary alicyclic amines) is 1. The highest BCUT2D eigenvalue weighted by Gasteiger charge is 2.26. The molecule has 2 aromatic carbocycles. The third-order valence-corrected chi connectivity index (χ3v) is 7.46. The topological polar surface area (TPSA) is 83.1 Å². The number of benzene rings is 2. The Kier molecular flexibility index (Phi) is 8.11. The van der Waals surface area contributed by atoms with Crippen LogP contribution in [0.2, 0.25) is 5.02 Å². The normalized spacial score (nSPS) is 17.5. The quantitative estimate of drug-likeness (QED) is 0.483. The highest BCUT2D eigenvalue weighted by molar-refractivity contribution is 6.31. The number of hydrogen-bond acceptors (Lipinski definition) is 8. The molecular formula is C27H32ClFN6O3. The summed E-state index contributed by atoms with van der Waals surface area (Å²) >= 11 is 5.94. The number of methoxy groups -OCH3 is 1. The number of halogens is 2. The predicted molar refractivity (Wildman–Crippen MR) is 145 cm³/mol. The number of hydrogen-bond donors (Lipinski definition) is 1. The van der Waals surface area contributed by atoms with Crippen LogP contribution in [0.3, 0.4) is 0 Å². The van der Waals surface area contributed by atoms with Crippen molar-refractivity contribution in [3.8, 4) is 11.5 Å². The van der Waals surface area contributed by atoms with Crippen molar-refractivity contribution in [3.63, 3.8) is 0 Å². The zero-order valence-electron chi connectivity index (χ0n) is 21.6. The summed E-state index contributed by atoms with van der Waals surface area (Å²) < 4.78 is 26.5. The molecule has 38 heavy (non-hydrogen) atoms. The van der Waals surface area contributed by atoms with E-state index in [4.69, 9.17) is 21.1 Å². The number of nitrogens with one attached hydrogen (secondary N) is 1. The monoisotopic (exact) mass is 542 g/mol. The van der Waals surface area contributed by atoms with Gasteiger partial charge in [0.2, 0.25) is 5.91 Å². The number of amides is 1. The standard InChI is InChI=1S/C27H32ClFN6O3/c1-33-10-12-35(13-11-33)25(36)16-34-8-6-18(7-9-34)38-24-14-19-22(15-23(24)37-2)30-17-31-27(19)32-21-5-3-4-20(28)26(21)29/h3-5,14-15,17-18H,6-13,16H2,1-2H3,(H,30,31,32). The maximum atomic E-state index is 14.5. The molecule has 11 heteroatoms. The molecule has 9 nitrogen and oxygen atoms in total. The molecule has 2 aliphatic heterocycles. The van der Waals surface area contributed by atoms with Crippen LogP contribution < -0.4 is 14.8 Å². The van der Waals surface area contributed by atoms with Crippen LogP contribution >= 0.6 is 11.6 Å². The number of rotatable bonds is 7. The summed E-state index contributed by atoms with van der Waals surface area (Å²) in [6.07, 6.45) is 2.97. The lowest BCUT2D eigenvalue weighted by atomic mass is 10.1. The van der Waals surface area contributed by atoms with Crippen molar-refractivity contribution < 1.29 is 18.7 Å². The lowest BCUT2D eigenvalue weighted by Crippen LogP contribution is -2.51. The second-order valence-corrected chi connectivity index (χ2v) is 10.2. The molecule has 1 amide bonds. The van der Waals surface area contributed by atoms with E-state index in [1.165, 1.54) is 12.4 Å². The summed E-state index contributed by atoms with van der Waals surface area (Å²) in [6, 6.07) is 8.36. The minimum absolute atomic E-state index is 0.0237. The molecule has 0 radical (unpaired) electrons. The van der Waals surface area contributed by atoms with Gasteiger partial charge in [-0.15, -0.1) is 0 Å². The molecule has 0 bridgehead atoms. The van der Waals surface area contributed by atoms with E-state index in [0.717, 1.165) is 52.1 Å². The molecule has 2 saturated heterocycles. The van der Waals surface area contributed by atoms with E-state index in [2.05, 4.69) is 32.1 Å². The van der Waals surface area contributed by atoms with Crippen molar-refractivity contribution in [1.29, 1.82) is 0 Å². The van der Waals surface area contributed by atoms with Gasteiger partial charge in [-0.25, -0.2) is 14.4 Å². The van der Waals surface area contributed by atoms with E-state index in [-0.39, 0.29) is 22.7 Å². The number of ether oxygens (including phenoxy) is 2. The number of carbonyl (C=O) groups excluding carboxylic acids is 1. The Morgan fingerprint density at radius 1 is 1.11 bits per heavy atom. The SMILES string of the molecule is COc1cc2ncnc(Nc3cccc(Cl)c3F)c2cc1OC1CCN(CC(=O)N2CCN(C)CC2)CC1. The molecule has 2 aliphatic rings.